The maximum absolute atomic E-state index is 11.3. The largest absolute Gasteiger partial charge is 0.466 e. The van der Waals surface area contributed by atoms with Crippen LogP contribution in [-0.4, -0.2) is 25.2 Å². The molecule has 0 aromatic carbocycles. The minimum absolute atomic E-state index is 0.0364. The summed E-state index contributed by atoms with van der Waals surface area (Å²) in [6, 6.07) is 0. The molecule has 0 saturated heterocycles. The molecule has 0 aliphatic carbocycles. The summed E-state index contributed by atoms with van der Waals surface area (Å²) < 4.78 is 9.91. The monoisotopic (exact) mass is 482 g/mol. The second kappa shape index (κ2) is 28.2. The molecule has 0 saturated carbocycles. The summed E-state index contributed by atoms with van der Waals surface area (Å²) in [4.78, 5) is 22.5. The van der Waals surface area contributed by atoms with Gasteiger partial charge in [0.2, 0.25) is 0 Å². The molecule has 0 N–H and O–H groups in total. The third kappa shape index (κ3) is 27.2. The Hall–Kier alpha value is -1.06. The summed E-state index contributed by atoms with van der Waals surface area (Å²) in [5, 5.41) is 0. The number of esters is 2. The van der Waals surface area contributed by atoms with Gasteiger partial charge in [0.05, 0.1) is 13.2 Å². The number of carbonyl (C=O) groups excluding carboxylic acids is 2. The van der Waals surface area contributed by atoms with Gasteiger partial charge in [0.1, 0.15) is 0 Å². The van der Waals surface area contributed by atoms with Gasteiger partial charge >= 0.3 is 11.9 Å². The first-order valence-corrected chi connectivity index (χ1v) is 15.0. The molecule has 0 amide bonds. The first-order valence-electron chi connectivity index (χ1n) is 15.0. The van der Waals surface area contributed by atoms with Crippen LogP contribution < -0.4 is 0 Å². The van der Waals surface area contributed by atoms with Crippen LogP contribution in [0.2, 0.25) is 0 Å². The molecule has 34 heavy (non-hydrogen) atoms. The molecule has 0 heterocycles. The highest BCUT2D eigenvalue weighted by atomic mass is 16.5. The Morgan fingerprint density at radius 3 is 0.706 bits per heavy atom. The van der Waals surface area contributed by atoms with Crippen molar-refractivity contribution < 1.29 is 19.1 Å². The molecular weight excluding hydrogens is 424 g/mol. The van der Waals surface area contributed by atoms with Crippen LogP contribution in [0, 0.1) is 0 Å². The average molecular weight is 483 g/mol. The van der Waals surface area contributed by atoms with Crippen molar-refractivity contribution in [2.24, 2.45) is 0 Å². The summed E-state index contributed by atoms with van der Waals surface area (Å²) >= 11 is 0. The van der Waals surface area contributed by atoms with Gasteiger partial charge in [-0.15, -0.1) is 0 Å². The lowest BCUT2D eigenvalue weighted by Gasteiger charge is -2.04. The van der Waals surface area contributed by atoms with Gasteiger partial charge in [0, 0.05) is 12.8 Å². The van der Waals surface area contributed by atoms with E-state index in [9.17, 15) is 9.59 Å². The lowest BCUT2D eigenvalue weighted by Crippen LogP contribution is -2.03. The van der Waals surface area contributed by atoms with E-state index in [2.05, 4.69) is 0 Å². The molecule has 4 heteroatoms. The van der Waals surface area contributed by atoms with E-state index < -0.39 is 0 Å². The summed E-state index contributed by atoms with van der Waals surface area (Å²) in [5.41, 5.74) is 0. The zero-order chi connectivity index (χ0) is 25.0. The number of carbonyl (C=O) groups is 2. The molecule has 0 aromatic rings. The first kappa shape index (κ1) is 32.9. The SMILES string of the molecule is CCOC(=O)CCCCCCCCCCCCCCCCCCCCCCCCC(=O)OCC. The molecule has 0 unspecified atom stereocenters. The number of hydrogen-bond donors (Lipinski definition) is 0. The molecule has 0 rings (SSSR count). The van der Waals surface area contributed by atoms with Gasteiger partial charge < -0.3 is 9.47 Å². The molecule has 4 nitrogen and oxygen atoms in total. The van der Waals surface area contributed by atoms with Crippen LogP contribution in [0.5, 0.6) is 0 Å². The van der Waals surface area contributed by atoms with Crippen LogP contribution >= 0.6 is 0 Å². The molecule has 0 bridgehead atoms. The van der Waals surface area contributed by atoms with Crippen LogP contribution in [0.15, 0.2) is 0 Å². The van der Waals surface area contributed by atoms with E-state index in [4.69, 9.17) is 9.47 Å². The predicted octanol–water partition coefficient (Wildman–Crippen LogP) is 9.48. The highest BCUT2D eigenvalue weighted by Gasteiger charge is 2.01. The molecule has 0 aliphatic rings. The molecule has 0 radical (unpaired) electrons. The topological polar surface area (TPSA) is 52.6 Å². The van der Waals surface area contributed by atoms with E-state index in [1.54, 1.807) is 0 Å². The summed E-state index contributed by atoms with van der Waals surface area (Å²) in [6.45, 7) is 4.74. The summed E-state index contributed by atoms with van der Waals surface area (Å²) in [6.07, 6.45) is 30.3. The molecular formula is C30H58O4. The fraction of sp³-hybridized carbons (Fsp3) is 0.933. The van der Waals surface area contributed by atoms with E-state index in [1.165, 1.54) is 128 Å². The fourth-order valence-corrected chi connectivity index (χ4v) is 4.54. The normalized spacial score (nSPS) is 11.0. The number of hydrogen-bond acceptors (Lipinski definition) is 4. The van der Waals surface area contributed by atoms with E-state index >= 15 is 0 Å². The van der Waals surface area contributed by atoms with Crippen LogP contribution in [0.25, 0.3) is 0 Å². The van der Waals surface area contributed by atoms with E-state index in [0.29, 0.717) is 26.1 Å². The van der Waals surface area contributed by atoms with Gasteiger partial charge in [-0.25, -0.2) is 0 Å². The lowest BCUT2D eigenvalue weighted by atomic mass is 10.0. The summed E-state index contributed by atoms with van der Waals surface area (Å²) in [7, 11) is 0. The number of unbranched alkanes of at least 4 members (excludes halogenated alkanes) is 21. The Balaban J connectivity index is 3.08. The Kier molecular flexibility index (Phi) is 27.3. The van der Waals surface area contributed by atoms with Crippen molar-refractivity contribution in [3.8, 4) is 0 Å². The molecule has 0 fully saturated rings. The van der Waals surface area contributed by atoms with Gasteiger partial charge in [0.15, 0.2) is 0 Å². The Labute approximate surface area is 212 Å². The molecule has 0 atom stereocenters. The third-order valence-corrected chi connectivity index (χ3v) is 6.62. The molecule has 202 valence electrons. The van der Waals surface area contributed by atoms with Gasteiger partial charge in [-0.1, -0.05) is 128 Å². The minimum Gasteiger partial charge on any atom is -0.466 e. The van der Waals surface area contributed by atoms with Gasteiger partial charge in [-0.3, -0.25) is 9.59 Å². The third-order valence-electron chi connectivity index (χ3n) is 6.62. The lowest BCUT2D eigenvalue weighted by molar-refractivity contribution is -0.144. The van der Waals surface area contributed by atoms with Crippen molar-refractivity contribution in [2.45, 2.75) is 168 Å². The number of ether oxygens (including phenoxy) is 2. The first-order chi connectivity index (χ1) is 16.7. The Morgan fingerprint density at radius 1 is 0.353 bits per heavy atom. The second-order valence-electron chi connectivity index (χ2n) is 9.89. The van der Waals surface area contributed by atoms with E-state index in [0.717, 1.165) is 12.8 Å². The maximum atomic E-state index is 11.3. The van der Waals surface area contributed by atoms with Gasteiger partial charge in [0.25, 0.3) is 0 Å². The molecule has 0 aromatic heterocycles. The van der Waals surface area contributed by atoms with Crippen LogP contribution in [0.3, 0.4) is 0 Å². The van der Waals surface area contributed by atoms with Crippen molar-refractivity contribution in [3.63, 3.8) is 0 Å². The van der Waals surface area contributed by atoms with Crippen LogP contribution in [-0.2, 0) is 19.1 Å². The predicted molar refractivity (Wildman–Crippen MR) is 144 cm³/mol. The smallest absolute Gasteiger partial charge is 0.305 e. The summed E-state index contributed by atoms with van der Waals surface area (Å²) in [5.74, 6) is -0.0728. The van der Waals surface area contributed by atoms with E-state index in [1.807, 2.05) is 13.8 Å². The van der Waals surface area contributed by atoms with Crippen LogP contribution in [0.4, 0.5) is 0 Å². The van der Waals surface area contributed by atoms with Crippen molar-refractivity contribution in [1.82, 2.24) is 0 Å². The Bertz CT molecular complexity index is 396. The van der Waals surface area contributed by atoms with Gasteiger partial charge in [-0.05, 0) is 26.7 Å². The quantitative estimate of drug-likeness (QED) is 0.0864. The minimum atomic E-state index is -0.0364. The fourth-order valence-electron chi connectivity index (χ4n) is 4.54. The van der Waals surface area contributed by atoms with Crippen molar-refractivity contribution in [2.75, 3.05) is 13.2 Å². The standard InChI is InChI=1S/C30H58O4/c1-3-33-29(31)27-25-23-21-19-17-15-13-11-9-7-5-6-8-10-12-14-16-18-20-22-24-26-28-30(32)34-4-2/h3-28H2,1-2H3. The maximum Gasteiger partial charge on any atom is 0.305 e. The highest BCUT2D eigenvalue weighted by molar-refractivity contribution is 5.69. The van der Waals surface area contributed by atoms with Crippen molar-refractivity contribution in [3.05, 3.63) is 0 Å². The van der Waals surface area contributed by atoms with Crippen molar-refractivity contribution >= 4 is 11.9 Å². The average Bonchev–Trinajstić information content (AvgIpc) is 2.82. The van der Waals surface area contributed by atoms with E-state index in [-0.39, 0.29) is 11.9 Å². The number of rotatable bonds is 27. The highest BCUT2D eigenvalue weighted by Crippen LogP contribution is 2.15. The van der Waals surface area contributed by atoms with Crippen molar-refractivity contribution in [1.29, 1.82) is 0 Å². The zero-order valence-corrected chi connectivity index (χ0v) is 23.0. The van der Waals surface area contributed by atoms with Crippen LogP contribution in [0.1, 0.15) is 168 Å². The zero-order valence-electron chi connectivity index (χ0n) is 23.0. The molecule has 0 aliphatic heterocycles. The molecule has 0 spiro atoms. The second-order valence-corrected chi connectivity index (χ2v) is 9.89. The van der Waals surface area contributed by atoms with Gasteiger partial charge in [-0.2, -0.15) is 0 Å². The Morgan fingerprint density at radius 2 is 0.529 bits per heavy atom.